The van der Waals surface area contributed by atoms with Crippen LogP contribution in [0.5, 0.6) is 0 Å². The second-order valence-corrected chi connectivity index (χ2v) is 4.82. The van der Waals surface area contributed by atoms with Gasteiger partial charge in [0.15, 0.2) is 5.82 Å². The van der Waals surface area contributed by atoms with Gasteiger partial charge in [-0.2, -0.15) is 10.4 Å². The van der Waals surface area contributed by atoms with Gasteiger partial charge in [-0.25, -0.2) is 0 Å². The molecular weight excluding hydrogens is 248 g/mol. The molecule has 0 spiro atoms. The molecule has 0 radical (unpaired) electrons. The van der Waals surface area contributed by atoms with Crippen LogP contribution in [0.1, 0.15) is 35.7 Å². The number of hydrogen-bond donors (Lipinski definition) is 1. The van der Waals surface area contributed by atoms with E-state index in [2.05, 4.69) is 40.6 Å². The third kappa shape index (κ3) is 2.94. The summed E-state index contributed by atoms with van der Waals surface area (Å²) in [6.07, 6.45) is 2.21. The van der Waals surface area contributed by atoms with Crippen LogP contribution in [0, 0.1) is 25.2 Å². The minimum absolute atomic E-state index is 0.513. The van der Waals surface area contributed by atoms with Gasteiger partial charge >= 0.3 is 0 Å². The Morgan fingerprint density at radius 3 is 2.45 bits per heavy atom. The lowest BCUT2D eigenvalue weighted by molar-refractivity contribution is 0.922. The molecule has 4 heteroatoms. The maximum atomic E-state index is 9.26. The highest BCUT2D eigenvalue weighted by Crippen LogP contribution is 2.21. The van der Waals surface area contributed by atoms with Crippen LogP contribution in [0.3, 0.4) is 0 Å². The normalized spacial score (nSPS) is 10.1. The number of aryl methyl sites for hydroxylation is 2. The van der Waals surface area contributed by atoms with Gasteiger partial charge in [0.05, 0.1) is 5.69 Å². The number of aromatic nitrogens is 2. The zero-order chi connectivity index (χ0) is 14.5. The summed E-state index contributed by atoms with van der Waals surface area (Å²) in [5.41, 5.74) is 4.43. The van der Waals surface area contributed by atoms with Crippen molar-refractivity contribution in [2.24, 2.45) is 0 Å². The lowest BCUT2D eigenvalue weighted by atomic mass is 10.1. The molecule has 102 valence electrons. The van der Waals surface area contributed by atoms with Crippen LogP contribution in [0.25, 0.3) is 0 Å². The molecule has 0 aliphatic heterocycles. The van der Waals surface area contributed by atoms with Gasteiger partial charge in [0, 0.05) is 5.69 Å². The first kappa shape index (κ1) is 14.0. The Hall–Kier alpha value is -2.41. The summed E-state index contributed by atoms with van der Waals surface area (Å²) in [5.74, 6) is 0.513. The minimum atomic E-state index is 0.513. The summed E-state index contributed by atoms with van der Waals surface area (Å²) in [4.78, 5) is 0. The molecule has 2 rings (SSSR count). The van der Waals surface area contributed by atoms with Crippen LogP contribution in [0.4, 0.5) is 11.5 Å². The van der Waals surface area contributed by atoms with Crippen LogP contribution in [0.15, 0.2) is 24.3 Å². The van der Waals surface area contributed by atoms with Crippen molar-refractivity contribution in [2.45, 2.75) is 33.6 Å². The van der Waals surface area contributed by atoms with E-state index in [0.717, 1.165) is 29.8 Å². The Morgan fingerprint density at radius 1 is 1.15 bits per heavy atom. The van der Waals surface area contributed by atoms with Crippen LogP contribution in [0.2, 0.25) is 0 Å². The molecule has 0 atom stereocenters. The highest BCUT2D eigenvalue weighted by molar-refractivity contribution is 5.64. The molecule has 20 heavy (non-hydrogen) atoms. The average molecular weight is 266 g/mol. The molecule has 0 aliphatic rings. The van der Waals surface area contributed by atoms with Crippen molar-refractivity contribution in [2.75, 3.05) is 5.32 Å². The predicted octanol–water partition coefficient (Wildman–Crippen LogP) is 3.66. The van der Waals surface area contributed by atoms with E-state index in [1.165, 1.54) is 5.56 Å². The average Bonchev–Trinajstić information content (AvgIpc) is 2.46. The van der Waals surface area contributed by atoms with Crippen molar-refractivity contribution in [3.63, 3.8) is 0 Å². The van der Waals surface area contributed by atoms with E-state index in [-0.39, 0.29) is 0 Å². The zero-order valence-corrected chi connectivity index (χ0v) is 12.1. The molecule has 1 aromatic carbocycles. The largest absolute Gasteiger partial charge is 0.338 e. The van der Waals surface area contributed by atoms with Crippen molar-refractivity contribution in [1.82, 2.24) is 10.2 Å². The fourth-order valence-electron chi connectivity index (χ4n) is 2.01. The van der Waals surface area contributed by atoms with Gasteiger partial charge in [-0.1, -0.05) is 25.5 Å². The quantitative estimate of drug-likeness (QED) is 0.917. The molecule has 0 amide bonds. The predicted molar refractivity (Wildman–Crippen MR) is 79.9 cm³/mol. The van der Waals surface area contributed by atoms with Crippen LogP contribution >= 0.6 is 0 Å². The fraction of sp³-hybridized carbons (Fsp3) is 0.312. The second-order valence-electron chi connectivity index (χ2n) is 4.82. The maximum absolute atomic E-state index is 9.26. The molecule has 1 aromatic heterocycles. The number of nitrogens with one attached hydrogen (secondary N) is 1. The second kappa shape index (κ2) is 6.16. The number of anilines is 2. The third-order valence-electron chi connectivity index (χ3n) is 3.32. The van der Waals surface area contributed by atoms with Gasteiger partial charge in [-0.15, -0.1) is 5.10 Å². The molecule has 4 nitrogen and oxygen atoms in total. The number of nitriles is 1. The molecular formula is C16H18N4. The number of benzene rings is 1. The van der Waals surface area contributed by atoms with Crippen LogP contribution < -0.4 is 5.32 Å². The SMILES string of the molecule is CCCc1ccc(Nc2nnc(C)c(C)c2C#N)cc1. The highest BCUT2D eigenvalue weighted by atomic mass is 15.2. The molecule has 0 fully saturated rings. The van der Waals surface area contributed by atoms with Gasteiger partial charge in [0.25, 0.3) is 0 Å². The summed E-state index contributed by atoms with van der Waals surface area (Å²) in [6.45, 7) is 5.90. The number of nitrogens with zero attached hydrogens (tertiary/aromatic N) is 3. The van der Waals surface area contributed by atoms with E-state index in [1.54, 1.807) is 0 Å². The van der Waals surface area contributed by atoms with Crippen molar-refractivity contribution in [1.29, 1.82) is 5.26 Å². The molecule has 1 heterocycles. The summed E-state index contributed by atoms with van der Waals surface area (Å²) >= 11 is 0. The number of hydrogen-bond acceptors (Lipinski definition) is 4. The van der Waals surface area contributed by atoms with E-state index in [9.17, 15) is 5.26 Å². The van der Waals surface area contributed by atoms with E-state index in [1.807, 2.05) is 26.0 Å². The van der Waals surface area contributed by atoms with Crippen molar-refractivity contribution in [3.05, 3.63) is 46.6 Å². The fourth-order valence-corrected chi connectivity index (χ4v) is 2.01. The van der Waals surface area contributed by atoms with E-state index >= 15 is 0 Å². The molecule has 0 bridgehead atoms. The Kier molecular flexibility index (Phi) is 4.31. The first-order chi connectivity index (χ1) is 9.65. The van der Waals surface area contributed by atoms with Crippen LogP contribution in [-0.4, -0.2) is 10.2 Å². The number of rotatable bonds is 4. The smallest absolute Gasteiger partial charge is 0.171 e. The summed E-state index contributed by atoms with van der Waals surface area (Å²) in [6, 6.07) is 10.4. The first-order valence-corrected chi connectivity index (χ1v) is 6.75. The maximum Gasteiger partial charge on any atom is 0.171 e. The first-order valence-electron chi connectivity index (χ1n) is 6.75. The molecule has 2 aromatic rings. The summed E-state index contributed by atoms with van der Waals surface area (Å²) in [7, 11) is 0. The van der Waals surface area contributed by atoms with Gasteiger partial charge < -0.3 is 5.32 Å². The van der Waals surface area contributed by atoms with Gasteiger partial charge in [0.2, 0.25) is 0 Å². The lowest BCUT2D eigenvalue weighted by Crippen LogP contribution is -2.03. The molecule has 0 aliphatic carbocycles. The zero-order valence-electron chi connectivity index (χ0n) is 12.1. The van der Waals surface area contributed by atoms with Gasteiger partial charge in [-0.05, 0) is 43.5 Å². The summed E-state index contributed by atoms with van der Waals surface area (Å²) < 4.78 is 0. The highest BCUT2D eigenvalue weighted by Gasteiger charge is 2.10. The Morgan fingerprint density at radius 2 is 1.85 bits per heavy atom. The van der Waals surface area contributed by atoms with Gasteiger partial charge in [-0.3, -0.25) is 0 Å². The van der Waals surface area contributed by atoms with E-state index in [4.69, 9.17) is 0 Å². The molecule has 0 unspecified atom stereocenters. The molecule has 1 N–H and O–H groups in total. The van der Waals surface area contributed by atoms with Crippen molar-refractivity contribution >= 4 is 11.5 Å². The molecule has 0 saturated carbocycles. The Balaban J connectivity index is 2.26. The Bertz CT molecular complexity index is 639. The van der Waals surface area contributed by atoms with Crippen LogP contribution in [-0.2, 0) is 6.42 Å². The van der Waals surface area contributed by atoms with E-state index < -0.39 is 0 Å². The topological polar surface area (TPSA) is 61.6 Å². The molecule has 0 saturated heterocycles. The van der Waals surface area contributed by atoms with Crippen molar-refractivity contribution < 1.29 is 0 Å². The monoisotopic (exact) mass is 266 g/mol. The Labute approximate surface area is 119 Å². The lowest BCUT2D eigenvalue weighted by Gasteiger charge is -2.10. The van der Waals surface area contributed by atoms with E-state index in [0.29, 0.717) is 11.4 Å². The van der Waals surface area contributed by atoms with Gasteiger partial charge in [0.1, 0.15) is 11.6 Å². The standard InChI is InChI=1S/C16H18N4/c1-4-5-13-6-8-14(9-7-13)18-16-15(10-17)11(2)12(3)19-20-16/h6-9H,4-5H2,1-3H3,(H,18,20). The summed E-state index contributed by atoms with van der Waals surface area (Å²) in [5, 5.41) is 20.6. The third-order valence-corrected chi connectivity index (χ3v) is 3.32. The van der Waals surface area contributed by atoms with Crippen molar-refractivity contribution in [3.8, 4) is 6.07 Å². The minimum Gasteiger partial charge on any atom is -0.338 e.